The molecule has 3 rings (SSSR count). The molecule has 0 bridgehead atoms. The van der Waals surface area contributed by atoms with Gasteiger partial charge in [-0.1, -0.05) is 23.9 Å². The second-order valence-corrected chi connectivity index (χ2v) is 7.14. The summed E-state index contributed by atoms with van der Waals surface area (Å²) in [5, 5.41) is 1.20. The van der Waals surface area contributed by atoms with Gasteiger partial charge in [-0.15, -0.1) is 0 Å². The van der Waals surface area contributed by atoms with E-state index in [4.69, 9.17) is 0 Å². The quantitative estimate of drug-likeness (QED) is 0.376. The molecule has 0 N–H and O–H groups in total. The van der Waals surface area contributed by atoms with Gasteiger partial charge < -0.3 is 4.57 Å². The monoisotopic (exact) mass is 369 g/mol. The molecule has 5 nitrogen and oxygen atoms in total. The van der Waals surface area contributed by atoms with Gasteiger partial charge in [0, 0.05) is 30.0 Å². The highest BCUT2D eigenvalue weighted by atomic mass is 32.2. The molecule has 2 aromatic heterocycles. The number of Topliss-reactive ketones (excluding diaryl/α,β-unsaturated/α-hetero) is 1. The summed E-state index contributed by atoms with van der Waals surface area (Å²) in [6.07, 6.45) is 0. The number of thioether (sulfide) groups is 1. The molecule has 6 heteroatoms. The lowest BCUT2D eigenvalue weighted by Crippen LogP contribution is -2.22. The summed E-state index contributed by atoms with van der Waals surface area (Å²) in [7, 11) is 0. The Morgan fingerprint density at radius 3 is 2.46 bits per heavy atom. The molecule has 136 valence electrons. The molecule has 0 saturated carbocycles. The third kappa shape index (κ3) is 3.21. The molecule has 3 aromatic rings. The Balaban J connectivity index is 1.90. The second kappa shape index (κ2) is 7.50. The molecular formula is C20H23N3O2S. The van der Waals surface area contributed by atoms with Crippen molar-refractivity contribution >= 4 is 28.4 Å². The molecule has 0 atom stereocenters. The molecule has 0 aliphatic carbocycles. The maximum absolute atomic E-state index is 12.7. The van der Waals surface area contributed by atoms with Gasteiger partial charge in [-0.05, 0) is 45.9 Å². The number of fused-ring (bicyclic) bond motifs is 1. The van der Waals surface area contributed by atoms with Crippen LogP contribution in [0, 0.1) is 13.8 Å². The van der Waals surface area contributed by atoms with Crippen molar-refractivity contribution in [2.75, 3.05) is 5.75 Å². The van der Waals surface area contributed by atoms with E-state index in [0.717, 1.165) is 23.5 Å². The first-order valence-electron chi connectivity index (χ1n) is 8.80. The van der Waals surface area contributed by atoms with Crippen molar-refractivity contribution in [3.05, 3.63) is 57.6 Å². The Morgan fingerprint density at radius 1 is 1.12 bits per heavy atom. The first-order valence-corrected chi connectivity index (χ1v) is 9.78. The van der Waals surface area contributed by atoms with E-state index in [2.05, 4.69) is 16.5 Å². The lowest BCUT2D eigenvalue weighted by Gasteiger charge is -2.11. The average molecular weight is 369 g/mol. The Morgan fingerprint density at radius 2 is 1.81 bits per heavy atom. The topological polar surface area (TPSA) is 56.9 Å². The molecular weight excluding hydrogens is 346 g/mol. The van der Waals surface area contributed by atoms with Gasteiger partial charge in [0.15, 0.2) is 10.9 Å². The van der Waals surface area contributed by atoms with E-state index in [1.165, 1.54) is 11.8 Å². The summed E-state index contributed by atoms with van der Waals surface area (Å²) in [6.45, 7) is 9.35. The number of nitrogens with zero attached hydrogens (tertiary/aromatic N) is 3. The lowest BCUT2D eigenvalue weighted by molar-refractivity contribution is 0.102. The van der Waals surface area contributed by atoms with E-state index in [1.807, 2.05) is 45.0 Å². The summed E-state index contributed by atoms with van der Waals surface area (Å²) >= 11 is 1.33. The number of carbonyl (C=O) groups is 1. The van der Waals surface area contributed by atoms with Crippen molar-refractivity contribution < 1.29 is 4.79 Å². The van der Waals surface area contributed by atoms with Crippen LogP contribution >= 0.6 is 11.8 Å². The predicted octanol–water partition coefficient (Wildman–Crippen LogP) is 3.83. The van der Waals surface area contributed by atoms with Crippen LogP contribution in [0.5, 0.6) is 0 Å². The van der Waals surface area contributed by atoms with E-state index in [1.54, 1.807) is 10.6 Å². The molecule has 2 heterocycles. The van der Waals surface area contributed by atoms with Crippen LogP contribution in [0.3, 0.4) is 0 Å². The van der Waals surface area contributed by atoms with Crippen molar-refractivity contribution in [3.63, 3.8) is 0 Å². The van der Waals surface area contributed by atoms with E-state index in [9.17, 15) is 9.59 Å². The van der Waals surface area contributed by atoms with E-state index >= 15 is 0 Å². The number of hydrogen-bond donors (Lipinski definition) is 0. The van der Waals surface area contributed by atoms with Crippen LogP contribution < -0.4 is 5.56 Å². The molecule has 0 aliphatic rings. The number of hydrogen-bond acceptors (Lipinski definition) is 4. The fraction of sp³-hybridized carbons (Fsp3) is 0.350. The number of aromatic nitrogens is 3. The number of rotatable bonds is 6. The fourth-order valence-corrected chi connectivity index (χ4v) is 4.26. The number of benzene rings is 1. The van der Waals surface area contributed by atoms with Crippen molar-refractivity contribution in [3.8, 4) is 0 Å². The lowest BCUT2D eigenvalue weighted by atomic mass is 10.2. The van der Waals surface area contributed by atoms with Gasteiger partial charge in [-0.2, -0.15) is 0 Å². The molecule has 0 spiro atoms. The van der Waals surface area contributed by atoms with Gasteiger partial charge in [-0.25, -0.2) is 4.98 Å². The van der Waals surface area contributed by atoms with Gasteiger partial charge >= 0.3 is 0 Å². The largest absolute Gasteiger partial charge is 0.349 e. The minimum absolute atomic E-state index is 0.0581. The van der Waals surface area contributed by atoms with E-state index in [0.29, 0.717) is 22.6 Å². The van der Waals surface area contributed by atoms with Gasteiger partial charge in [-0.3, -0.25) is 14.2 Å². The minimum atomic E-state index is -0.0581. The Labute approximate surface area is 157 Å². The van der Waals surface area contributed by atoms with E-state index in [-0.39, 0.29) is 17.1 Å². The van der Waals surface area contributed by atoms with Crippen LogP contribution in [0.15, 0.2) is 40.3 Å². The summed E-state index contributed by atoms with van der Waals surface area (Å²) in [5.41, 5.74) is 3.45. The average Bonchev–Trinajstić information content (AvgIpc) is 2.93. The number of carbonyl (C=O) groups excluding carboxylic acids is 1. The molecule has 26 heavy (non-hydrogen) atoms. The third-order valence-corrected chi connectivity index (χ3v) is 5.64. The fourth-order valence-electron chi connectivity index (χ4n) is 3.31. The van der Waals surface area contributed by atoms with Crippen LogP contribution in [0.1, 0.15) is 35.6 Å². The Hall–Kier alpha value is -2.34. The smallest absolute Gasteiger partial charge is 0.262 e. The highest BCUT2D eigenvalue weighted by molar-refractivity contribution is 7.99. The zero-order chi connectivity index (χ0) is 18.8. The van der Waals surface area contributed by atoms with Gasteiger partial charge in [0.05, 0.1) is 16.7 Å². The van der Waals surface area contributed by atoms with Crippen LogP contribution in [0.25, 0.3) is 10.9 Å². The third-order valence-electron chi connectivity index (χ3n) is 4.67. The SMILES string of the molecule is CCn1c(C)cc(C(=O)CSc2nc3ccccc3c(=O)n2CC)c1C. The van der Waals surface area contributed by atoms with Gasteiger partial charge in [0.25, 0.3) is 5.56 Å². The summed E-state index contributed by atoms with van der Waals surface area (Å²) in [4.78, 5) is 30.0. The maximum atomic E-state index is 12.7. The molecule has 0 fully saturated rings. The summed E-state index contributed by atoms with van der Waals surface area (Å²) < 4.78 is 3.77. The van der Waals surface area contributed by atoms with Crippen molar-refractivity contribution in [2.24, 2.45) is 0 Å². The van der Waals surface area contributed by atoms with Gasteiger partial charge in [0.1, 0.15) is 0 Å². The predicted molar refractivity (Wildman–Crippen MR) is 106 cm³/mol. The molecule has 0 radical (unpaired) electrons. The highest BCUT2D eigenvalue weighted by Gasteiger charge is 2.17. The Kier molecular flexibility index (Phi) is 5.32. The van der Waals surface area contributed by atoms with Crippen molar-refractivity contribution in [1.29, 1.82) is 0 Å². The molecule has 0 saturated heterocycles. The van der Waals surface area contributed by atoms with Crippen LogP contribution in [-0.2, 0) is 13.1 Å². The zero-order valence-electron chi connectivity index (χ0n) is 15.6. The van der Waals surface area contributed by atoms with Crippen molar-refractivity contribution in [2.45, 2.75) is 45.9 Å². The first-order chi connectivity index (χ1) is 12.5. The molecule has 0 amide bonds. The molecule has 0 aliphatic heterocycles. The minimum Gasteiger partial charge on any atom is -0.349 e. The maximum Gasteiger partial charge on any atom is 0.262 e. The number of ketones is 1. The molecule has 1 aromatic carbocycles. The summed E-state index contributed by atoms with van der Waals surface area (Å²) in [5.74, 6) is 0.326. The number of para-hydroxylation sites is 1. The summed E-state index contributed by atoms with van der Waals surface area (Å²) in [6, 6.07) is 9.27. The second-order valence-electron chi connectivity index (χ2n) is 6.20. The van der Waals surface area contributed by atoms with Gasteiger partial charge in [0.2, 0.25) is 0 Å². The Bertz CT molecular complexity index is 1030. The zero-order valence-corrected chi connectivity index (χ0v) is 16.4. The van der Waals surface area contributed by atoms with Crippen LogP contribution in [0.2, 0.25) is 0 Å². The van der Waals surface area contributed by atoms with Crippen molar-refractivity contribution in [1.82, 2.24) is 14.1 Å². The normalized spacial score (nSPS) is 11.2. The number of aryl methyl sites for hydroxylation is 1. The van der Waals surface area contributed by atoms with Crippen LogP contribution in [-0.4, -0.2) is 25.7 Å². The van der Waals surface area contributed by atoms with E-state index < -0.39 is 0 Å². The first kappa shape index (κ1) is 18.5. The standard InChI is InChI=1S/C20H23N3O2S/c1-5-22-13(3)11-16(14(22)4)18(24)12-26-20-21-17-10-8-7-9-15(17)19(25)23(20)6-2/h7-11H,5-6,12H2,1-4H3. The highest BCUT2D eigenvalue weighted by Crippen LogP contribution is 2.22. The molecule has 0 unspecified atom stereocenters. The van der Waals surface area contributed by atoms with Crippen LogP contribution in [0.4, 0.5) is 0 Å².